The van der Waals surface area contributed by atoms with E-state index in [1.807, 2.05) is 39.0 Å². The van der Waals surface area contributed by atoms with Crippen LogP contribution >= 0.6 is 0 Å². The van der Waals surface area contributed by atoms with E-state index in [4.69, 9.17) is 4.52 Å². The number of benzene rings is 2. The van der Waals surface area contributed by atoms with E-state index in [-0.39, 0.29) is 23.3 Å². The number of rotatable bonds is 6. The molecule has 3 aromatic rings. The molecule has 0 saturated carbocycles. The highest BCUT2D eigenvalue weighted by atomic mass is 19.4. The van der Waals surface area contributed by atoms with Gasteiger partial charge in [0.15, 0.2) is 0 Å². The molecule has 0 bridgehead atoms. The van der Waals surface area contributed by atoms with E-state index in [2.05, 4.69) is 25.3 Å². The van der Waals surface area contributed by atoms with E-state index in [0.717, 1.165) is 28.9 Å². The third-order valence-corrected chi connectivity index (χ3v) is 6.45. The van der Waals surface area contributed by atoms with Crippen molar-refractivity contribution in [2.24, 2.45) is 0 Å². The number of carbonyl (C=O) groups excluding carboxylic acids is 1. The molecule has 1 amide bonds. The molecular weight excluding hydrogens is 459 g/mol. The van der Waals surface area contributed by atoms with E-state index in [1.165, 1.54) is 12.1 Å². The largest absolute Gasteiger partial charge is 0.416 e. The van der Waals surface area contributed by atoms with Crippen molar-refractivity contribution in [2.45, 2.75) is 33.0 Å². The molecule has 1 atom stereocenters. The zero-order valence-corrected chi connectivity index (χ0v) is 19.9. The molecule has 7 nitrogen and oxygen atoms in total. The SMILES string of the molecule is Cc1cccc(NC(=O)CN2CCN(C(C)c3nc(-c4cccc(C(F)(F)F)c4)no3)CC2)c1C. The number of halogens is 3. The Kier molecular flexibility index (Phi) is 7.23. The van der Waals surface area contributed by atoms with Crippen LogP contribution in [0.5, 0.6) is 0 Å². The molecule has 35 heavy (non-hydrogen) atoms. The lowest BCUT2D eigenvalue weighted by Crippen LogP contribution is -2.49. The zero-order chi connectivity index (χ0) is 25.2. The molecule has 1 aliphatic rings. The number of alkyl halides is 3. The number of carbonyl (C=O) groups is 1. The highest BCUT2D eigenvalue weighted by molar-refractivity contribution is 5.93. The summed E-state index contributed by atoms with van der Waals surface area (Å²) in [5.41, 5.74) is 2.51. The number of aryl methyl sites for hydroxylation is 1. The van der Waals surface area contributed by atoms with Gasteiger partial charge in [0.1, 0.15) is 0 Å². The van der Waals surface area contributed by atoms with Gasteiger partial charge in [-0.2, -0.15) is 18.2 Å². The fraction of sp³-hybridized carbons (Fsp3) is 0.400. The van der Waals surface area contributed by atoms with Gasteiger partial charge in [-0.25, -0.2) is 0 Å². The molecule has 4 rings (SSSR count). The summed E-state index contributed by atoms with van der Waals surface area (Å²) < 4.78 is 44.4. The van der Waals surface area contributed by atoms with Crippen LogP contribution in [0.3, 0.4) is 0 Å². The molecule has 2 aromatic carbocycles. The van der Waals surface area contributed by atoms with Crippen LogP contribution in [0.15, 0.2) is 47.0 Å². The number of nitrogens with zero attached hydrogens (tertiary/aromatic N) is 4. The van der Waals surface area contributed by atoms with Crippen molar-refractivity contribution in [3.05, 3.63) is 65.0 Å². The van der Waals surface area contributed by atoms with Crippen molar-refractivity contribution >= 4 is 11.6 Å². The van der Waals surface area contributed by atoms with E-state index in [0.29, 0.717) is 38.6 Å². The second-order valence-corrected chi connectivity index (χ2v) is 8.82. The zero-order valence-electron chi connectivity index (χ0n) is 19.9. The summed E-state index contributed by atoms with van der Waals surface area (Å²) in [4.78, 5) is 21.1. The normalized spacial score (nSPS) is 16.3. The Morgan fingerprint density at radius 2 is 1.83 bits per heavy atom. The summed E-state index contributed by atoms with van der Waals surface area (Å²) in [7, 11) is 0. The summed E-state index contributed by atoms with van der Waals surface area (Å²) in [6, 6.07) is 10.5. The summed E-state index contributed by atoms with van der Waals surface area (Å²) in [5, 5.41) is 6.88. The van der Waals surface area contributed by atoms with Crippen LogP contribution in [0.25, 0.3) is 11.4 Å². The maximum atomic E-state index is 13.0. The van der Waals surface area contributed by atoms with Crippen LogP contribution < -0.4 is 5.32 Å². The first-order chi connectivity index (χ1) is 16.6. The van der Waals surface area contributed by atoms with Gasteiger partial charge in [0, 0.05) is 37.4 Å². The van der Waals surface area contributed by atoms with Crippen molar-refractivity contribution in [2.75, 3.05) is 38.0 Å². The van der Waals surface area contributed by atoms with Crippen LogP contribution in [-0.4, -0.2) is 58.6 Å². The van der Waals surface area contributed by atoms with Gasteiger partial charge in [-0.3, -0.25) is 14.6 Å². The first kappa shape index (κ1) is 24.9. The summed E-state index contributed by atoms with van der Waals surface area (Å²) in [6.07, 6.45) is -4.44. The average molecular weight is 488 g/mol. The Morgan fingerprint density at radius 3 is 2.54 bits per heavy atom. The topological polar surface area (TPSA) is 74.5 Å². The Labute approximate surface area is 201 Å². The second kappa shape index (κ2) is 10.2. The third kappa shape index (κ3) is 5.88. The van der Waals surface area contributed by atoms with Crippen LogP contribution in [0, 0.1) is 13.8 Å². The first-order valence-corrected chi connectivity index (χ1v) is 11.5. The molecule has 10 heteroatoms. The van der Waals surface area contributed by atoms with Gasteiger partial charge in [0.2, 0.25) is 17.6 Å². The minimum atomic E-state index is -4.44. The molecule has 2 heterocycles. The number of aromatic nitrogens is 2. The van der Waals surface area contributed by atoms with Gasteiger partial charge in [0.05, 0.1) is 18.2 Å². The van der Waals surface area contributed by atoms with Crippen LogP contribution in [0.2, 0.25) is 0 Å². The molecule has 0 radical (unpaired) electrons. The lowest BCUT2D eigenvalue weighted by molar-refractivity contribution is -0.137. The van der Waals surface area contributed by atoms with E-state index in [1.54, 1.807) is 0 Å². The summed E-state index contributed by atoms with van der Waals surface area (Å²) in [6.45, 7) is 9.00. The fourth-order valence-electron chi connectivity index (χ4n) is 4.10. The number of hydrogen-bond donors (Lipinski definition) is 1. The Bertz CT molecular complexity index is 1190. The Balaban J connectivity index is 1.32. The summed E-state index contributed by atoms with van der Waals surface area (Å²) >= 11 is 0. The maximum Gasteiger partial charge on any atom is 0.416 e. The van der Waals surface area contributed by atoms with Crippen molar-refractivity contribution in [1.82, 2.24) is 19.9 Å². The number of amides is 1. The molecule has 1 aromatic heterocycles. The van der Waals surface area contributed by atoms with Crippen molar-refractivity contribution < 1.29 is 22.5 Å². The maximum absolute atomic E-state index is 13.0. The van der Waals surface area contributed by atoms with Gasteiger partial charge < -0.3 is 9.84 Å². The van der Waals surface area contributed by atoms with Gasteiger partial charge >= 0.3 is 6.18 Å². The Hall–Kier alpha value is -3.24. The predicted molar refractivity (Wildman–Crippen MR) is 126 cm³/mol. The van der Waals surface area contributed by atoms with Crippen LogP contribution in [0.4, 0.5) is 18.9 Å². The van der Waals surface area contributed by atoms with Gasteiger partial charge in [-0.1, -0.05) is 29.4 Å². The standard InChI is InChI=1S/C25H28F3N5O2/c1-16-6-4-9-21(17(16)2)29-22(34)15-32-10-12-33(13-11-32)18(3)24-30-23(31-35-24)19-7-5-8-20(14-19)25(26,27)28/h4-9,14,18H,10-13,15H2,1-3H3,(H,29,34). The first-order valence-electron chi connectivity index (χ1n) is 11.5. The highest BCUT2D eigenvalue weighted by Gasteiger charge is 2.31. The predicted octanol–water partition coefficient (Wildman–Crippen LogP) is 4.69. The van der Waals surface area contributed by atoms with Crippen LogP contribution in [-0.2, 0) is 11.0 Å². The average Bonchev–Trinajstić information content (AvgIpc) is 3.32. The monoisotopic (exact) mass is 487 g/mol. The van der Waals surface area contributed by atoms with E-state index in [9.17, 15) is 18.0 Å². The molecular formula is C25H28F3N5O2. The smallest absolute Gasteiger partial charge is 0.337 e. The fourth-order valence-corrected chi connectivity index (χ4v) is 4.10. The van der Waals surface area contributed by atoms with E-state index >= 15 is 0 Å². The van der Waals surface area contributed by atoms with Crippen LogP contribution in [0.1, 0.15) is 35.5 Å². The third-order valence-electron chi connectivity index (χ3n) is 6.45. The number of hydrogen-bond acceptors (Lipinski definition) is 6. The van der Waals surface area contributed by atoms with Crippen molar-refractivity contribution in [3.8, 4) is 11.4 Å². The minimum Gasteiger partial charge on any atom is -0.337 e. The van der Waals surface area contributed by atoms with Crippen molar-refractivity contribution in [1.29, 1.82) is 0 Å². The highest BCUT2D eigenvalue weighted by Crippen LogP contribution is 2.32. The van der Waals surface area contributed by atoms with Gasteiger partial charge in [0.25, 0.3) is 0 Å². The summed E-state index contributed by atoms with van der Waals surface area (Å²) in [5.74, 6) is 0.418. The molecule has 1 fully saturated rings. The molecule has 1 unspecified atom stereocenters. The minimum absolute atomic E-state index is 0.0529. The van der Waals surface area contributed by atoms with Crippen molar-refractivity contribution in [3.63, 3.8) is 0 Å². The lowest BCUT2D eigenvalue weighted by atomic mass is 10.1. The van der Waals surface area contributed by atoms with E-state index < -0.39 is 11.7 Å². The lowest BCUT2D eigenvalue weighted by Gasteiger charge is -2.36. The number of anilines is 1. The quantitative estimate of drug-likeness (QED) is 0.544. The Morgan fingerprint density at radius 1 is 1.11 bits per heavy atom. The molecule has 1 N–H and O–H groups in total. The molecule has 1 saturated heterocycles. The molecule has 0 spiro atoms. The molecule has 0 aliphatic carbocycles. The van der Waals surface area contributed by atoms with Gasteiger partial charge in [-0.05, 0) is 50.1 Å². The van der Waals surface area contributed by atoms with Gasteiger partial charge in [-0.15, -0.1) is 0 Å². The number of nitrogens with one attached hydrogen (secondary N) is 1. The molecule has 1 aliphatic heterocycles. The molecule has 186 valence electrons. The second-order valence-electron chi connectivity index (χ2n) is 8.82. The number of piperazine rings is 1.